The number of sulfone groups is 1. The van der Waals surface area contributed by atoms with Crippen molar-refractivity contribution >= 4 is 33.0 Å². The zero-order chi connectivity index (χ0) is 32.0. The van der Waals surface area contributed by atoms with E-state index >= 15 is 0 Å². The number of carbonyl (C=O) groups excluding carboxylic acids is 1. The number of nitrogens with zero attached hydrogens (tertiary/aromatic N) is 1. The Hall–Kier alpha value is -3.07. The minimum Gasteiger partial charge on any atom is -0.493 e. The fraction of sp³-hybridized carbons (Fsp3) is 0.406. The standard InChI is InChI=1S/C32H36ClNO6S/c1-20(2)40-29-19-27-22(17-28(29)39-4)18-30(35)34(31(27)21-5-9-25(33)10-6-21)26-11-7-23(8-12-26)32(3,36)24-13-15-41(37,38)16-14-24/h5-12,17,19-20,24,31,36H,13-16,18H2,1-4H3/t31-,32+/m0/s1/i4D3. The number of anilines is 1. The van der Waals surface area contributed by atoms with Crippen LogP contribution in [0.5, 0.6) is 11.5 Å². The van der Waals surface area contributed by atoms with Gasteiger partial charge >= 0.3 is 0 Å². The number of benzene rings is 3. The highest BCUT2D eigenvalue weighted by atomic mass is 35.5. The second-order valence-corrected chi connectivity index (χ2v) is 14.0. The molecule has 41 heavy (non-hydrogen) atoms. The van der Waals surface area contributed by atoms with Crippen molar-refractivity contribution in [3.05, 3.63) is 87.9 Å². The number of methoxy groups -OCH3 is 1. The molecule has 0 radical (unpaired) electrons. The summed E-state index contributed by atoms with van der Waals surface area (Å²) in [5.41, 5.74) is 2.14. The van der Waals surface area contributed by atoms with Crippen molar-refractivity contribution in [2.45, 2.75) is 57.8 Å². The first kappa shape index (κ1) is 25.6. The SMILES string of the molecule is [2H]C([2H])([2H])Oc1cc2c(cc1OC(C)C)[C@H](c1ccc(Cl)cc1)N(c1ccc([C@@](C)(O)C3CCS(=O)(=O)CC3)cc1)C(=O)C2. The average Bonchev–Trinajstić information content (AvgIpc) is 2.92. The number of fused-ring (bicyclic) bond motifs is 1. The summed E-state index contributed by atoms with van der Waals surface area (Å²) < 4.78 is 58.1. The third-order valence-corrected chi connectivity index (χ3v) is 10.1. The summed E-state index contributed by atoms with van der Waals surface area (Å²) in [4.78, 5) is 15.5. The van der Waals surface area contributed by atoms with Crippen LogP contribution >= 0.6 is 11.6 Å². The summed E-state index contributed by atoms with van der Waals surface area (Å²) in [6, 6.07) is 17.0. The zero-order valence-corrected chi connectivity index (χ0v) is 24.8. The van der Waals surface area contributed by atoms with Crippen LogP contribution in [-0.4, -0.2) is 44.1 Å². The normalized spacial score (nSPS) is 21.8. The molecule has 3 aromatic carbocycles. The lowest BCUT2D eigenvalue weighted by atomic mass is 9.79. The van der Waals surface area contributed by atoms with Crippen LogP contribution in [0.25, 0.3) is 0 Å². The van der Waals surface area contributed by atoms with Crippen molar-refractivity contribution in [2.24, 2.45) is 5.92 Å². The maximum Gasteiger partial charge on any atom is 0.232 e. The number of amides is 1. The molecule has 2 aliphatic heterocycles. The topological polar surface area (TPSA) is 93.1 Å². The van der Waals surface area contributed by atoms with Gasteiger partial charge in [-0.2, -0.15) is 0 Å². The number of hydrogen-bond acceptors (Lipinski definition) is 6. The van der Waals surface area contributed by atoms with Crippen LogP contribution in [0.1, 0.15) is 66.0 Å². The van der Waals surface area contributed by atoms with E-state index in [-0.39, 0.29) is 47.4 Å². The first-order valence-corrected chi connectivity index (χ1v) is 15.9. The lowest BCUT2D eigenvalue weighted by molar-refractivity contribution is -0.118. The van der Waals surface area contributed by atoms with Crippen molar-refractivity contribution in [1.82, 2.24) is 0 Å². The van der Waals surface area contributed by atoms with Crippen LogP contribution in [0.2, 0.25) is 5.02 Å². The van der Waals surface area contributed by atoms with Crippen LogP contribution in [-0.2, 0) is 26.7 Å². The fourth-order valence-electron chi connectivity index (χ4n) is 5.90. The molecule has 0 unspecified atom stereocenters. The molecule has 2 atom stereocenters. The molecule has 5 rings (SSSR count). The molecule has 1 saturated heterocycles. The van der Waals surface area contributed by atoms with Crippen molar-refractivity contribution < 1.29 is 31.9 Å². The molecule has 0 saturated carbocycles. The Morgan fingerprint density at radius 2 is 1.71 bits per heavy atom. The quantitative estimate of drug-likeness (QED) is 0.366. The molecule has 0 aliphatic carbocycles. The Morgan fingerprint density at radius 3 is 2.32 bits per heavy atom. The second kappa shape index (κ2) is 11.3. The summed E-state index contributed by atoms with van der Waals surface area (Å²) >= 11 is 6.21. The van der Waals surface area contributed by atoms with E-state index in [4.69, 9.17) is 25.2 Å². The minimum absolute atomic E-state index is 0.00520. The molecule has 0 bridgehead atoms. The van der Waals surface area contributed by atoms with Gasteiger partial charge in [-0.05, 0) is 98.2 Å². The number of halogens is 1. The molecule has 2 heterocycles. The first-order valence-electron chi connectivity index (χ1n) is 15.2. The summed E-state index contributed by atoms with van der Waals surface area (Å²) in [7, 11) is -5.79. The average molecular weight is 601 g/mol. The van der Waals surface area contributed by atoms with Gasteiger partial charge in [-0.3, -0.25) is 4.79 Å². The largest absolute Gasteiger partial charge is 0.493 e. The maximum absolute atomic E-state index is 13.9. The van der Waals surface area contributed by atoms with Gasteiger partial charge in [-0.25, -0.2) is 8.42 Å². The zero-order valence-electron chi connectivity index (χ0n) is 26.3. The second-order valence-electron chi connectivity index (χ2n) is 11.3. The molecule has 1 N–H and O–H groups in total. The fourth-order valence-corrected chi connectivity index (χ4v) is 7.51. The Balaban J connectivity index is 1.57. The maximum atomic E-state index is 13.9. The van der Waals surface area contributed by atoms with Gasteiger partial charge in [0.15, 0.2) is 11.5 Å². The van der Waals surface area contributed by atoms with Gasteiger partial charge in [-0.15, -0.1) is 0 Å². The first-order chi connectivity index (χ1) is 20.5. The molecule has 1 fully saturated rings. The highest BCUT2D eigenvalue weighted by Crippen LogP contribution is 2.44. The third kappa shape index (κ3) is 5.96. The van der Waals surface area contributed by atoms with Crippen LogP contribution in [0, 0.1) is 5.92 Å². The van der Waals surface area contributed by atoms with Gasteiger partial charge < -0.3 is 19.5 Å². The molecule has 218 valence electrons. The van der Waals surface area contributed by atoms with Crippen LogP contribution in [0.15, 0.2) is 60.7 Å². The summed E-state index contributed by atoms with van der Waals surface area (Å²) in [5, 5.41) is 12.0. The molecule has 0 aromatic heterocycles. The molecule has 9 heteroatoms. The van der Waals surface area contributed by atoms with E-state index in [1.54, 1.807) is 60.4 Å². The number of carbonyl (C=O) groups is 1. The van der Waals surface area contributed by atoms with Gasteiger partial charge in [0.1, 0.15) is 9.84 Å². The van der Waals surface area contributed by atoms with E-state index in [1.807, 2.05) is 26.0 Å². The predicted octanol–water partition coefficient (Wildman–Crippen LogP) is 5.85. The van der Waals surface area contributed by atoms with Gasteiger partial charge in [0.2, 0.25) is 5.91 Å². The Labute approximate surface area is 251 Å². The summed E-state index contributed by atoms with van der Waals surface area (Å²) in [6.07, 6.45) is 0.484. The van der Waals surface area contributed by atoms with Gasteiger partial charge in [0, 0.05) is 10.7 Å². The van der Waals surface area contributed by atoms with E-state index in [1.165, 1.54) is 0 Å². The van der Waals surface area contributed by atoms with E-state index in [0.717, 1.165) is 11.1 Å². The van der Waals surface area contributed by atoms with Gasteiger partial charge in [0.05, 0.1) is 46.8 Å². The lowest BCUT2D eigenvalue weighted by Gasteiger charge is -2.39. The highest BCUT2D eigenvalue weighted by molar-refractivity contribution is 7.91. The van der Waals surface area contributed by atoms with Crippen molar-refractivity contribution in [3.8, 4) is 11.5 Å². The molecule has 0 spiro atoms. The lowest BCUT2D eigenvalue weighted by Crippen LogP contribution is -2.41. The van der Waals surface area contributed by atoms with Crippen molar-refractivity contribution in [3.63, 3.8) is 0 Å². The number of ether oxygens (including phenoxy) is 2. The van der Waals surface area contributed by atoms with E-state index in [9.17, 15) is 18.3 Å². The molecule has 3 aromatic rings. The van der Waals surface area contributed by atoms with Crippen LogP contribution in [0.4, 0.5) is 5.69 Å². The molecule has 7 nitrogen and oxygen atoms in total. The van der Waals surface area contributed by atoms with Crippen molar-refractivity contribution in [2.75, 3.05) is 23.4 Å². The number of aliphatic hydroxyl groups is 1. The Bertz CT molecular complexity index is 1630. The monoisotopic (exact) mass is 600 g/mol. The van der Waals surface area contributed by atoms with Crippen LogP contribution < -0.4 is 14.4 Å². The van der Waals surface area contributed by atoms with Gasteiger partial charge in [-0.1, -0.05) is 35.9 Å². The Morgan fingerprint density at radius 1 is 1.05 bits per heavy atom. The smallest absolute Gasteiger partial charge is 0.232 e. The molecule has 1 amide bonds. The third-order valence-electron chi connectivity index (χ3n) is 8.11. The molecular weight excluding hydrogens is 562 g/mol. The number of rotatable bonds is 7. The minimum atomic E-state index is -3.08. The summed E-state index contributed by atoms with van der Waals surface area (Å²) in [5.74, 6) is -0.0324. The predicted molar refractivity (Wildman–Crippen MR) is 161 cm³/mol. The molecule has 2 aliphatic rings. The van der Waals surface area contributed by atoms with E-state index in [2.05, 4.69) is 0 Å². The summed E-state index contributed by atoms with van der Waals surface area (Å²) in [6.45, 7) is 5.36. The van der Waals surface area contributed by atoms with E-state index < -0.39 is 28.5 Å². The number of hydrogen-bond donors (Lipinski definition) is 1. The van der Waals surface area contributed by atoms with Crippen LogP contribution in [0.3, 0.4) is 0 Å². The van der Waals surface area contributed by atoms with Crippen molar-refractivity contribution in [1.29, 1.82) is 0 Å². The highest BCUT2D eigenvalue weighted by Gasteiger charge is 2.39. The molecular formula is C32H36ClNO6S. The van der Waals surface area contributed by atoms with E-state index in [0.29, 0.717) is 34.7 Å². The Kier molecular flexibility index (Phi) is 7.07. The van der Waals surface area contributed by atoms with Gasteiger partial charge in [0.25, 0.3) is 0 Å².